The van der Waals surface area contributed by atoms with Crippen LogP contribution in [-0.2, 0) is 5.41 Å². The van der Waals surface area contributed by atoms with Crippen molar-refractivity contribution >= 4 is 27.8 Å². The van der Waals surface area contributed by atoms with Gasteiger partial charge in [-0.2, -0.15) is 0 Å². The molecule has 1 heteroatoms. The van der Waals surface area contributed by atoms with Crippen molar-refractivity contribution in [3.05, 3.63) is 151 Å². The van der Waals surface area contributed by atoms with E-state index in [9.17, 15) is 0 Å². The fourth-order valence-corrected chi connectivity index (χ4v) is 6.26. The van der Waals surface area contributed by atoms with E-state index < -0.39 is 0 Å². The molecule has 6 aromatic rings. The normalized spacial score (nSPS) is 13.2. The van der Waals surface area contributed by atoms with Crippen LogP contribution >= 0.6 is 0 Å². The van der Waals surface area contributed by atoms with E-state index in [0.717, 1.165) is 11.4 Å². The molecule has 0 saturated heterocycles. The van der Waals surface area contributed by atoms with Gasteiger partial charge in [0.1, 0.15) is 0 Å². The Bertz CT molecular complexity index is 1730. The lowest BCUT2D eigenvalue weighted by atomic mass is 9.79. The molecule has 0 fully saturated rings. The molecule has 0 atom stereocenters. The maximum Gasteiger partial charge on any atom is 0.0465 e. The summed E-state index contributed by atoms with van der Waals surface area (Å²) in [7, 11) is 0. The number of rotatable bonds is 4. The Labute approximate surface area is 224 Å². The van der Waals surface area contributed by atoms with Crippen LogP contribution < -0.4 is 4.90 Å². The highest BCUT2D eigenvalue weighted by Crippen LogP contribution is 2.56. The SMILES string of the molecule is CC1(C)c2cc(N(c3ccccc3)c3ccccc3)ccc2-c2c(-c3ccccc3)cc3ccccc3c21. The molecule has 0 bridgehead atoms. The summed E-state index contributed by atoms with van der Waals surface area (Å²) < 4.78 is 0. The molecule has 0 radical (unpaired) electrons. The van der Waals surface area contributed by atoms with Gasteiger partial charge < -0.3 is 4.90 Å². The largest absolute Gasteiger partial charge is 0.310 e. The summed E-state index contributed by atoms with van der Waals surface area (Å²) in [6.07, 6.45) is 0. The summed E-state index contributed by atoms with van der Waals surface area (Å²) in [4.78, 5) is 2.36. The van der Waals surface area contributed by atoms with Crippen LogP contribution in [0.1, 0.15) is 25.0 Å². The van der Waals surface area contributed by atoms with Crippen LogP contribution in [0.15, 0.2) is 140 Å². The minimum absolute atomic E-state index is 0.149. The summed E-state index contributed by atoms with van der Waals surface area (Å²) in [5.74, 6) is 0. The van der Waals surface area contributed by atoms with Gasteiger partial charge in [0.15, 0.2) is 0 Å². The third-order valence-corrected chi connectivity index (χ3v) is 7.99. The first-order chi connectivity index (χ1) is 18.6. The summed E-state index contributed by atoms with van der Waals surface area (Å²) in [5.41, 5.74) is 11.4. The van der Waals surface area contributed by atoms with Crippen molar-refractivity contribution < 1.29 is 0 Å². The fourth-order valence-electron chi connectivity index (χ4n) is 6.26. The minimum atomic E-state index is -0.149. The average Bonchev–Trinajstić information content (AvgIpc) is 3.21. The van der Waals surface area contributed by atoms with Gasteiger partial charge >= 0.3 is 0 Å². The van der Waals surface area contributed by atoms with Gasteiger partial charge in [0, 0.05) is 22.5 Å². The lowest BCUT2D eigenvalue weighted by Crippen LogP contribution is -2.17. The van der Waals surface area contributed by atoms with Crippen LogP contribution in [0.5, 0.6) is 0 Å². The molecule has 0 N–H and O–H groups in total. The second-order valence-electron chi connectivity index (χ2n) is 10.6. The van der Waals surface area contributed by atoms with Crippen molar-refractivity contribution in [2.24, 2.45) is 0 Å². The molecule has 7 rings (SSSR count). The van der Waals surface area contributed by atoms with Crippen molar-refractivity contribution in [1.29, 1.82) is 0 Å². The quantitative estimate of drug-likeness (QED) is 0.239. The van der Waals surface area contributed by atoms with Gasteiger partial charge in [0.25, 0.3) is 0 Å². The first kappa shape index (κ1) is 22.6. The molecular weight excluding hydrogens is 458 g/mol. The summed E-state index contributed by atoms with van der Waals surface area (Å²) >= 11 is 0. The van der Waals surface area contributed by atoms with Gasteiger partial charge in [-0.3, -0.25) is 0 Å². The number of benzene rings is 6. The summed E-state index contributed by atoms with van der Waals surface area (Å²) in [5, 5.41) is 2.63. The monoisotopic (exact) mass is 487 g/mol. The third-order valence-electron chi connectivity index (χ3n) is 7.99. The molecule has 1 aliphatic carbocycles. The van der Waals surface area contributed by atoms with Crippen molar-refractivity contribution in [3.63, 3.8) is 0 Å². The average molecular weight is 488 g/mol. The molecular formula is C37H29N. The van der Waals surface area contributed by atoms with Crippen molar-refractivity contribution in [3.8, 4) is 22.3 Å². The highest BCUT2D eigenvalue weighted by molar-refractivity contribution is 6.05. The zero-order valence-electron chi connectivity index (χ0n) is 21.7. The first-order valence-electron chi connectivity index (χ1n) is 13.3. The van der Waals surface area contributed by atoms with E-state index in [1.807, 2.05) is 0 Å². The van der Waals surface area contributed by atoms with Crippen LogP contribution in [-0.4, -0.2) is 0 Å². The van der Waals surface area contributed by atoms with E-state index in [0.29, 0.717) is 0 Å². The van der Waals surface area contributed by atoms with E-state index >= 15 is 0 Å². The Morgan fingerprint density at radius 1 is 0.500 bits per heavy atom. The Morgan fingerprint density at radius 3 is 1.74 bits per heavy atom. The van der Waals surface area contributed by atoms with Crippen LogP contribution in [0.4, 0.5) is 17.1 Å². The Kier molecular flexibility index (Phi) is 5.19. The molecule has 1 nitrogen and oxygen atoms in total. The standard InChI is InChI=1S/C37H29N/c1-37(2)34-25-30(38(28-17-8-4-9-18-28)29-19-10-5-11-20-29)22-23-32(34)35-33(26-14-6-3-7-15-26)24-27-16-12-13-21-31(27)36(35)37/h3-25H,1-2H3. The van der Waals surface area contributed by atoms with Gasteiger partial charge in [-0.1, -0.05) is 111 Å². The summed E-state index contributed by atoms with van der Waals surface area (Å²) in [6.45, 7) is 4.77. The zero-order chi connectivity index (χ0) is 25.7. The van der Waals surface area contributed by atoms with Gasteiger partial charge in [-0.25, -0.2) is 0 Å². The van der Waals surface area contributed by atoms with E-state index in [-0.39, 0.29) is 5.41 Å². The lowest BCUT2D eigenvalue weighted by Gasteiger charge is -2.28. The molecule has 0 amide bonds. The molecule has 0 unspecified atom stereocenters. The van der Waals surface area contributed by atoms with E-state index in [4.69, 9.17) is 0 Å². The van der Waals surface area contributed by atoms with Gasteiger partial charge in [0.2, 0.25) is 0 Å². The predicted molar refractivity (Wildman–Crippen MR) is 162 cm³/mol. The maximum absolute atomic E-state index is 2.42. The van der Waals surface area contributed by atoms with Crippen LogP contribution in [0, 0.1) is 0 Å². The smallest absolute Gasteiger partial charge is 0.0465 e. The summed E-state index contributed by atoms with van der Waals surface area (Å²) in [6, 6.07) is 50.4. The molecule has 0 aliphatic heterocycles. The topological polar surface area (TPSA) is 3.24 Å². The number of anilines is 3. The van der Waals surface area contributed by atoms with Crippen molar-refractivity contribution in [2.75, 3.05) is 4.90 Å². The number of hydrogen-bond donors (Lipinski definition) is 0. The van der Waals surface area contributed by atoms with E-state index in [1.54, 1.807) is 0 Å². The lowest BCUT2D eigenvalue weighted by molar-refractivity contribution is 0.666. The number of hydrogen-bond acceptors (Lipinski definition) is 1. The molecule has 1 aliphatic rings. The van der Waals surface area contributed by atoms with Crippen LogP contribution in [0.3, 0.4) is 0 Å². The number of nitrogens with zero attached hydrogens (tertiary/aromatic N) is 1. The van der Waals surface area contributed by atoms with Crippen molar-refractivity contribution in [2.45, 2.75) is 19.3 Å². The highest BCUT2D eigenvalue weighted by atomic mass is 15.1. The first-order valence-corrected chi connectivity index (χ1v) is 13.3. The molecule has 0 spiro atoms. The Balaban J connectivity index is 1.49. The van der Waals surface area contributed by atoms with E-state index in [1.165, 1.54) is 49.8 Å². The molecule has 0 aromatic heterocycles. The van der Waals surface area contributed by atoms with Crippen molar-refractivity contribution in [1.82, 2.24) is 0 Å². The molecule has 0 saturated carbocycles. The minimum Gasteiger partial charge on any atom is -0.310 e. The molecule has 38 heavy (non-hydrogen) atoms. The van der Waals surface area contributed by atoms with E-state index in [2.05, 4.69) is 158 Å². The van der Waals surface area contributed by atoms with Gasteiger partial charge in [0.05, 0.1) is 0 Å². The van der Waals surface area contributed by atoms with Gasteiger partial charge in [-0.05, 0) is 86.6 Å². The number of para-hydroxylation sites is 2. The Hall–Kier alpha value is -4.62. The highest BCUT2D eigenvalue weighted by Gasteiger charge is 2.39. The van der Waals surface area contributed by atoms with Gasteiger partial charge in [-0.15, -0.1) is 0 Å². The molecule has 0 heterocycles. The second-order valence-corrected chi connectivity index (χ2v) is 10.6. The second kappa shape index (κ2) is 8.75. The predicted octanol–water partition coefficient (Wildman–Crippen LogP) is 10.3. The zero-order valence-corrected chi connectivity index (χ0v) is 21.7. The van der Waals surface area contributed by atoms with Crippen LogP contribution in [0.2, 0.25) is 0 Å². The fraction of sp³-hybridized carbons (Fsp3) is 0.0811. The number of fused-ring (bicyclic) bond motifs is 5. The van der Waals surface area contributed by atoms with Crippen LogP contribution in [0.25, 0.3) is 33.0 Å². The molecule has 6 aromatic carbocycles. The maximum atomic E-state index is 2.42. The Morgan fingerprint density at radius 2 is 1.08 bits per heavy atom. The third kappa shape index (κ3) is 3.47. The molecule has 182 valence electrons.